The highest BCUT2D eigenvalue weighted by Crippen LogP contribution is 2.39. The lowest BCUT2D eigenvalue weighted by Crippen LogP contribution is -2.14. The molecule has 12 heavy (non-hydrogen) atoms. The lowest BCUT2D eigenvalue weighted by molar-refractivity contribution is 0.268. The van der Waals surface area contributed by atoms with Gasteiger partial charge in [-0.25, -0.2) is 0 Å². The molecule has 0 aromatic heterocycles. The Morgan fingerprint density at radius 3 is 2.42 bits per heavy atom. The van der Waals surface area contributed by atoms with Crippen molar-refractivity contribution >= 4 is 8.05 Å². The smallest absolute Gasteiger partial charge is 0.282 e. The molecule has 0 spiro atoms. The predicted octanol–water partition coefficient (Wildman–Crippen LogP) is 2.25. The van der Waals surface area contributed by atoms with Crippen LogP contribution in [0.4, 0.5) is 0 Å². The van der Waals surface area contributed by atoms with Gasteiger partial charge in [0.25, 0.3) is 8.05 Å². The summed E-state index contributed by atoms with van der Waals surface area (Å²) in [5.74, 6) is 0.913. The molecule has 0 amide bonds. The van der Waals surface area contributed by atoms with Gasteiger partial charge in [-0.1, -0.05) is 19.1 Å². The second kappa shape index (κ2) is 3.48. The van der Waals surface area contributed by atoms with Crippen molar-refractivity contribution in [2.45, 2.75) is 20.8 Å². The zero-order valence-corrected chi connectivity index (χ0v) is 8.05. The Morgan fingerprint density at radius 2 is 2.08 bits per heavy atom. The highest BCUT2D eigenvalue weighted by atomic mass is 16.4. The Bertz CT molecular complexity index is 230. The van der Waals surface area contributed by atoms with Crippen molar-refractivity contribution in [3.8, 4) is 0 Å². The van der Waals surface area contributed by atoms with E-state index in [-0.39, 0.29) is 0 Å². The molecule has 0 aromatic rings. The Balaban J connectivity index is 2.80. The van der Waals surface area contributed by atoms with E-state index in [9.17, 15) is 0 Å². The quantitative estimate of drug-likeness (QED) is 0.565. The first-order valence-corrected chi connectivity index (χ1v) is 4.27. The van der Waals surface area contributed by atoms with Gasteiger partial charge >= 0.3 is 0 Å². The van der Waals surface area contributed by atoms with Crippen LogP contribution in [0.25, 0.3) is 0 Å². The zero-order chi connectivity index (χ0) is 9.30. The summed E-state index contributed by atoms with van der Waals surface area (Å²) in [5.41, 5.74) is 3.93. The predicted molar refractivity (Wildman–Crippen MR) is 51.9 cm³/mol. The molecule has 2 radical (unpaired) electrons. The summed E-state index contributed by atoms with van der Waals surface area (Å²) in [7, 11) is 5.06. The average molecular weight is 162 g/mol. The third kappa shape index (κ3) is 1.36. The summed E-state index contributed by atoms with van der Waals surface area (Å²) in [5, 5.41) is 0. The van der Waals surface area contributed by atoms with Crippen LogP contribution < -0.4 is 0 Å². The summed E-state index contributed by atoms with van der Waals surface area (Å²) < 4.78 is 4.68. The third-order valence-electron chi connectivity index (χ3n) is 3.08. The van der Waals surface area contributed by atoms with Crippen molar-refractivity contribution < 1.29 is 4.65 Å². The molecule has 0 bridgehead atoms. The molecule has 0 saturated carbocycles. The number of hydrogen-bond acceptors (Lipinski definition) is 1. The molecule has 0 aliphatic heterocycles. The minimum Gasteiger partial charge on any atom is -0.447 e. The summed E-state index contributed by atoms with van der Waals surface area (Å²) >= 11 is 0. The first-order valence-electron chi connectivity index (χ1n) is 4.27. The van der Waals surface area contributed by atoms with E-state index in [1.54, 1.807) is 0 Å². The van der Waals surface area contributed by atoms with Crippen molar-refractivity contribution in [1.82, 2.24) is 0 Å². The second-order valence-electron chi connectivity index (χ2n) is 3.56. The summed E-state index contributed by atoms with van der Waals surface area (Å²) in [4.78, 5) is 0. The molecular weight excluding hydrogens is 147 g/mol. The summed E-state index contributed by atoms with van der Waals surface area (Å²) in [6.07, 6.45) is 0. The van der Waals surface area contributed by atoms with Gasteiger partial charge in [-0.15, -0.1) is 0 Å². The van der Waals surface area contributed by atoms with Crippen LogP contribution in [-0.4, -0.2) is 14.7 Å². The Kier molecular flexibility index (Phi) is 2.78. The molecule has 0 saturated heterocycles. The number of hydrogen-bond donors (Lipinski definition) is 0. The van der Waals surface area contributed by atoms with Crippen LogP contribution in [0.3, 0.4) is 0 Å². The normalized spacial score (nSPS) is 30.1. The lowest BCUT2D eigenvalue weighted by Gasteiger charge is -2.17. The number of rotatable bonds is 2. The average Bonchev–Trinajstić information content (AvgIpc) is 2.23. The van der Waals surface area contributed by atoms with Gasteiger partial charge in [-0.2, -0.15) is 0 Å². The van der Waals surface area contributed by atoms with Crippen LogP contribution in [0.2, 0.25) is 0 Å². The van der Waals surface area contributed by atoms with E-state index in [1.807, 2.05) is 0 Å². The first kappa shape index (κ1) is 9.59. The molecule has 2 atom stereocenters. The van der Waals surface area contributed by atoms with Crippen LogP contribution in [0, 0.1) is 11.8 Å². The first-order chi connectivity index (χ1) is 5.59. The maximum Gasteiger partial charge on any atom is 0.282 e. The van der Waals surface area contributed by atoms with Gasteiger partial charge in [0.05, 0.1) is 0 Å². The fraction of sp³-hybridized carbons (Fsp3) is 0.600. The molecule has 1 rings (SSSR count). The summed E-state index contributed by atoms with van der Waals surface area (Å²) in [6, 6.07) is 0. The molecule has 2 unspecified atom stereocenters. The van der Waals surface area contributed by atoms with E-state index in [0.717, 1.165) is 0 Å². The number of allylic oxidation sites excluding steroid dienone is 2. The fourth-order valence-electron chi connectivity index (χ4n) is 1.83. The van der Waals surface area contributed by atoms with Crippen LogP contribution >= 0.6 is 0 Å². The summed E-state index contributed by atoms with van der Waals surface area (Å²) in [6.45, 7) is 11.1. The Labute approximate surface area is 75.9 Å². The van der Waals surface area contributed by atoms with E-state index in [0.29, 0.717) is 18.4 Å². The topological polar surface area (TPSA) is 9.23 Å². The molecule has 1 aliphatic rings. The van der Waals surface area contributed by atoms with Crippen LogP contribution in [0.1, 0.15) is 20.8 Å². The van der Waals surface area contributed by atoms with Gasteiger partial charge in [0.2, 0.25) is 0 Å². The second-order valence-corrected chi connectivity index (χ2v) is 3.56. The molecule has 64 valence electrons. The minimum atomic E-state index is 0.384. The maximum atomic E-state index is 5.06. The molecule has 0 N–H and O–H groups in total. The monoisotopic (exact) mass is 162 g/mol. The van der Waals surface area contributed by atoms with Crippen molar-refractivity contribution in [3.05, 3.63) is 23.3 Å². The molecule has 1 aliphatic carbocycles. The van der Waals surface area contributed by atoms with Crippen molar-refractivity contribution in [2.24, 2.45) is 11.8 Å². The van der Waals surface area contributed by atoms with Crippen molar-refractivity contribution in [3.63, 3.8) is 0 Å². The van der Waals surface area contributed by atoms with Crippen LogP contribution in [0.5, 0.6) is 0 Å². The van der Waals surface area contributed by atoms with Gasteiger partial charge in [-0.3, -0.25) is 0 Å². The lowest BCUT2D eigenvalue weighted by atomic mass is 9.92. The standard InChI is InChI=1S/C10H15BO/c1-6-7(2)9(4)10(5-12-11)8(6)3/h9-10H,3,5H2,1-2,4H3. The van der Waals surface area contributed by atoms with Gasteiger partial charge in [0.15, 0.2) is 0 Å². The van der Waals surface area contributed by atoms with Gasteiger partial charge < -0.3 is 4.65 Å². The Hall–Kier alpha value is -0.495. The van der Waals surface area contributed by atoms with E-state index < -0.39 is 0 Å². The zero-order valence-electron chi connectivity index (χ0n) is 8.05. The third-order valence-corrected chi connectivity index (χ3v) is 3.08. The highest BCUT2D eigenvalue weighted by molar-refractivity contribution is 5.97. The molecule has 0 fully saturated rings. The van der Waals surface area contributed by atoms with Crippen LogP contribution in [-0.2, 0) is 4.65 Å². The van der Waals surface area contributed by atoms with E-state index in [1.165, 1.54) is 16.7 Å². The SMILES string of the molecule is [B]OCC1C(=C)C(C)=C(C)C1C. The van der Waals surface area contributed by atoms with Gasteiger partial charge in [-0.05, 0) is 30.9 Å². The van der Waals surface area contributed by atoms with Crippen molar-refractivity contribution in [1.29, 1.82) is 0 Å². The van der Waals surface area contributed by atoms with Gasteiger partial charge in [0.1, 0.15) is 0 Å². The molecule has 0 aromatic carbocycles. The molecule has 0 heterocycles. The van der Waals surface area contributed by atoms with Crippen LogP contribution in [0.15, 0.2) is 23.3 Å². The highest BCUT2D eigenvalue weighted by Gasteiger charge is 2.29. The fourth-order valence-corrected chi connectivity index (χ4v) is 1.83. The van der Waals surface area contributed by atoms with E-state index in [2.05, 4.69) is 32.0 Å². The van der Waals surface area contributed by atoms with E-state index in [4.69, 9.17) is 8.05 Å². The minimum absolute atomic E-state index is 0.384. The largest absolute Gasteiger partial charge is 0.447 e. The molecule has 1 nitrogen and oxygen atoms in total. The Morgan fingerprint density at radius 1 is 1.50 bits per heavy atom. The van der Waals surface area contributed by atoms with Crippen molar-refractivity contribution in [2.75, 3.05) is 6.61 Å². The molecule has 2 heteroatoms. The molecular formula is C10H15BO. The maximum absolute atomic E-state index is 5.06. The van der Waals surface area contributed by atoms with Gasteiger partial charge in [0, 0.05) is 12.5 Å². The van der Waals surface area contributed by atoms with E-state index >= 15 is 0 Å².